The van der Waals surface area contributed by atoms with Crippen LogP contribution in [0.2, 0.25) is 0 Å². The molecule has 0 aliphatic carbocycles. The molecule has 0 fully saturated rings. The van der Waals surface area contributed by atoms with Crippen molar-refractivity contribution in [3.63, 3.8) is 0 Å². The third kappa shape index (κ3) is 5.21. The van der Waals surface area contributed by atoms with Crippen molar-refractivity contribution in [1.82, 2.24) is 10.4 Å². The van der Waals surface area contributed by atoms with Gasteiger partial charge in [-0.05, 0) is 43.7 Å². The number of aromatic nitrogens is 1. The molecule has 0 unspecified atom stereocenters. The van der Waals surface area contributed by atoms with Crippen LogP contribution < -0.4 is 10.3 Å². The molecule has 1 heterocycles. The normalized spacial score (nSPS) is 11.1. The molecule has 0 saturated heterocycles. The van der Waals surface area contributed by atoms with E-state index in [0.29, 0.717) is 19.5 Å². The van der Waals surface area contributed by atoms with Crippen molar-refractivity contribution >= 4 is 17.3 Å². The van der Waals surface area contributed by atoms with E-state index in [1.54, 1.807) is 17.3 Å². The molecule has 0 bridgehead atoms. The fourth-order valence-corrected chi connectivity index (χ4v) is 2.23. The first-order chi connectivity index (χ1) is 11.2. The van der Waals surface area contributed by atoms with Gasteiger partial charge in [0.2, 0.25) is 5.91 Å². The Balaban J connectivity index is 1.89. The Hall–Kier alpha value is -2.69. The summed E-state index contributed by atoms with van der Waals surface area (Å²) in [5.74, 6) is 0.0469. The van der Waals surface area contributed by atoms with Crippen LogP contribution in [0.3, 0.4) is 0 Å². The molecule has 5 nitrogen and oxygen atoms in total. The highest BCUT2D eigenvalue weighted by atomic mass is 16.2. The third-order valence-electron chi connectivity index (χ3n) is 3.39. The van der Waals surface area contributed by atoms with Crippen LogP contribution in [0.15, 0.2) is 60.0 Å². The summed E-state index contributed by atoms with van der Waals surface area (Å²) in [6, 6.07) is 13.5. The molecular weight excluding hydrogens is 288 g/mol. The SMILES string of the molecule is CCN(C(=O)CC(C)=NNCc1ccncc1)c1ccccc1. The van der Waals surface area contributed by atoms with Gasteiger partial charge in [0.05, 0.1) is 13.0 Å². The first kappa shape index (κ1) is 16.7. The summed E-state index contributed by atoms with van der Waals surface area (Å²) in [5.41, 5.74) is 5.77. The molecule has 1 aromatic carbocycles. The van der Waals surface area contributed by atoms with Gasteiger partial charge in [-0.1, -0.05) is 18.2 Å². The number of rotatable bonds is 7. The number of carbonyl (C=O) groups is 1. The molecular formula is C18H22N4O. The molecule has 0 atom stereocenters. The van der Waals surface area contributed by atoms with E-state index in [2.05, 4.69) is 15.5 Å². The van der Waals surface area contributed by atoms with E-state index in [4.69, 9.17) is 0 Å². The smallest absolute Gasteiger partial charge is 0.232 e. The Labute approximate surface area is 137 Å². The van der Waals surface area contributed by atoms with Crippen molar-refractivity contribution in [2.75, 3.05) is 11.4 Å². The van der Waals surface area contributed by atoms with Gasteiger partial charge in [0, 0.05) is 30.3 Å². The molecule has 1 amide bonds. The zero-order chi connectivity index (χ0) is 16.5. The molecule has 2 rings (SSSR count). The Kier molecular flexibility index (Phi) is 6.29. The molecule has 0 spiro atoms. The molecule has 23 heavy (non-hydrogen) atoms. The minimum atomic E-state index is 0.0469. The number of anilines is 1. The van der Waals surface area contributed by atoms with Crippen molar-refractivity contribution in [1.29, 1.82) is 0 Å². The second-order valence-corrected chi connectivity index (χ2v) is 5.19. The lowest BCUT2D eigenvalue weighted by atomic mass is 10.2. The average Bonchev–Trinajstić information content (AvgIpc) is 2.57. The maximum Gasteiger partial charge on any atom is 0.232 e. The first-order valence-electron chi connectivity index (χ1n) is 7.71. The van der Waals surface area contributed by atoms with E-state index in [-0.39, 0.29) is 5.91 Å². The minimum absolute atomic E-state index is 0.0469. The van der Waals surface area contributed by atoms with E-state index in [1.165, 1.54) is 0 Å². The Morgan fingerprint density at radius 1 is 1.17 bits per heavy atom. The van der Waals surface area contributed by atoms with Crippen LogP contribution in [0, 0.1) is 0 Å². The largest absolute Gasteiger partial charge is 0.312 e. The van der Waals surface area contributed by atoms with E-state index >= 15 is 0 Å². The van der Waals surface area contributed by atoms with Gasteiger partial charge >= 0.3 is 0 Å². The fraction of sp³-hybridized carbons (Fsp3) is 0.278. The molecule has 0 aliphatic heterocycles. The maximum absolute atomic E-state index is 12.4. The summed E-state index contributed by atoms with van der Waals surface area (Å²) in [7, 11) is 0. The van der Waals surface area contributed by atoms with Crippen LogP contribution in [-0.4, -0.2) is 23.1 Å². The topological polar surface area (TPSA) is 57.6 Å². The number of nitrogens with zero attached hydrogens (tertiary/aromatic N) is 3. The van der Waals surface area contributed by atoms with Crippen molar-refractivity contribution in [3.8, 4) is 0 Å². The van der Waals surface area contributed by atoms with E-state index < -0.39 is 0 Å². The van der Waals surface area contributed by atoms with Crippen LogP contribution in [0.5, 0.6) is 0 Å². The van der Waals surface area contributed by atoms with Crippen LogP contribution >= 0.6 is 0 Å². The molecule has 1 N–H and O–H groups in total. The van der Waals surface area contributed by atoms with Crippen molar-refractivity contribution in [2.24, 2.45) is 5.10 Å². The number of pyridine rings is 1. The monoisotopic (exact) mass is 310 g/mol. The lowest BCUT2D eigenvalue weighted by Crippen LogP contribution is -2.32. The summed E-state index contributed by atoms with van der Waals surface area (Å²) in [6.07, 6.45) is 3.79. The van der Waals surface area contributed by atoms with Gasteiger partial charge < -0.3 is 10.3 Å². The quantitative estimate of drug-likeness (QED) is 0.632. The van der Waals surface area contributed by atoms with Gasteiger partial charge in [-0.15, -0.1) is 0 Å². The fourth-order valence-electron chi connectivity index (χ4n) is 2.23. The summed E-state index contributed by atoms with van der Waals surface area (Å²) < 4.78 is 0. The Morgan fingerprint density at radius 3 is 2.52 bits per heavy atom. The van der Waals surface area contributed by atoms with E-state index in [9.17, 15) is 4.79 Å². The summed E-state index contributed by atoms with van der Waals surface area (Å²) in [5, 5.41) is 4.27. The predicted molar refractivity (Wildman–Crippen MR) is 93.3 cm³/mol. The zero-order valence-corrected chi connectivity index (χ0v) is 13.6. The van der Waals surface area contributed by atoms with Gasteiger partial charge in [0.25, 0.3) is 0 Å². The van der Waals surface area contributed by atoms with E-state index in [0.717, 1.165) is 17.0 Å². The third-order valence-corrected chi connectivity index (χ3v) is 3.39. The Morgan fingerprint density at radius 2 is 1.87 bits per heavy atom. The van der Waals surface area contributed by atoms with Crippen LogP contribution in [0.1, 0.15) is 25.8 Å². The number of nitrogens with one attached hydrogen (secondary N) is 1. The summed E-state index contributed by atoms with van der Waals surface area (Å²) in [4.78, 5) is 18.2. The number of benzene rings is 1. The number of hydrogen-bond acceptors (Lipinski definition) is 4. The first-order valence-corrected chi connectivity index (χ1v) is 7.71. The predicted octanol–water partition coefficient (Wildman–Crippen LogP) is 2.99. The lowest BCUT2D eigenvalue weighted by Gasteiger charge is -2.20. The number of carbonyl (C=O) groups excluding carboxylic acids is 1. The molecule has 1 aromatic heterocycles. The second-order valence-electron chi connectivity index (χ2n) is 5.19. The number of hydrogen-bond donors (Lipinski definition) is 1. The highest BCUT2D eigenvalue weighted by molar-refractivity contribution is 6.06. The highest BCUT2D eigenvalue weighted by Gasteiger charge is 2.14. The summed E-state index contributed by atoms with van der Waals surface area (Å²) >= 11 is 0. The van der Waals surface area contributed by atoms with Crippen LogP contribution in [0.25, 0.3) is 0 Å². The average molecular weight is 310 g/mol. The number of amides is 1. The zero-order valence-electron chi connectivity index (χ0n) is 13.6. The summed E-state index contributed by atoms with van der Waals surface area (Å²) in [6.45, 7) is 5.08. The molecule has 0 aliphatic rings. The van der Waals surface area contributed by atoms with Crippen LogP contribution in [0.4, 0.5) is 5.69 Å². The van der Waals surface area contributed by atoms with Crippen molar-refractivity contribution in [3.05, 3.63) is 60.4 Å². The molecule has 0 saturated carbocycles. The molecule has 120 valence electrons. The van der Waals surface area contributed by atoms with Crippen molar-refractivity contribution < 1.29 is 4.79 Å². The number of para-hydroxylation sites is 1. The maximum atomic E-state index is 12.4. The lowest BCUT2D eigenvalue weighted by molar-refractivity contribution is -0.117. The van der Waals surface area contributed by atoms with Crippen molar-refractivity contribution in [2.45, 2.75) is 26.8 Å². The minimum Gasteiger partial charge on any atom is -0.312 e. The molecule has 5 heteroatoms. The van der Waals surface area contributed by atoms with Gasteiger partial charge in [-0.3, -0.25) is 9.78 Å². The van der Waals surface area contributed by atoms with Gasteiger partial charge in [-0.25, -0.2) is 0 Å². The van der Waals surface area contributed by atoms with Gasteiger partial charge in [-0.2, -0.15) is 5.10 Å². The van der Waals surface area contributed by atoms with Gasteiger partial charge in [0.1, 0.15) is 0 Å². The number of hydrazone groups is 1. The second kappa shape index (κ2) is 8.68. The highest BCUT2D eigenvalue weighted by Crippen LogP contribution is 2.14. The van der Waals surface area contributed by atoms with E-state index in [1.807, 2.05) is 56.3 Å². The van der Waals surface area contributed by atoms with Crippen LogP contribution in [-0.2, 0) is 11.3 Å². The van der Waals surface area contributed by atoms with Gasteiger partial charge in [0.15, 0.2) is 0 Å². The Bertz CT molecular complexity index is 641. The standard InChI is InChI=1S/C18H22N4O/c1-3-22(17-7-5-4-6-8-17)18(23)13-15(2)21-20-14-16-9-11-19-12-10-16/h4-12,20H,3,13-14H2,1-2H3. The molecule has 0 radical (unpaired) electrons. The molecule has 2 aromatic rings.